The van der Waals surface area contributed by atoms with Gasteiger partial charge in [-0.25, -0.2) is 4.79 Å². The number of carboxylic acid groups (broad SMARTS) is 1. The number of ketones is 1. The van der Waals surface area contributed by atoms with Gasteiger partial charge < -0.3 is 5.11 Å². The first kappa shape index (κ1) is 7.97. The SMILES string of the molecule is O=C(O)C(=O)c1ccnn1C1CC1. The summed E-state index contributed by atoms with van der Waals surface area (Å²) in [6.45, 7) is 0. The minimum atomic E-state index is -1.43. The molecule has 0 aliphatic heterocycles. The molecule has 13 heavy (non-hydrogen) atoms. The lowest BCUT2D eigenvalue weighted by molar-refractivity contribution is -0.131. The van der Waals surface area contributed by atoms with Crippen LogP contribution in [0.25, 0.3) is 0 Å². The van der Waals surface area contributed by atoms with Gasteiger partial charge in [0, 0.05) is 6.20 Å². The van der Waals surface area contributed by atoms with Crippen molar-refractivity contribution in [2.75, 3.05) is 0 Å². The van der Waals surface area contributed by atoms with Crippen LogP contribution in [0, 0.1) is 0 Å². The number of hydrogen-bond donors (Lipinski definition) is 1. The van der Waals surface area contributed by atoms with Crippen molar-refractivity contribution in [2.45, 2.75) is 18.9 Å². The molecule has 0 unspecified atom stereocenters. The minimum Gasteiger partial charge on any atom is -0.475 e. The summed E-state index contributed by atoms with van der Waals surface area (Å²) in [6.07, 6.45) is 3.40. The second-order valence-electron chi connectivity index (χ2n) is 3.03. The Morgan fingerprint density at radius 1 is 1.54 bits per heavy atom. The van der Waals surface area contributed by atoms with Crippen LogP contribution in [0.2, 0.25) is 0 Å². The maximum atomic E-state index is 11.1. The number of carbonyl (C=O) groups is 2. The highest BCUT2D eigenvalue weighted by Gasteiger charge is 2.29. The third kappa shape index (κ3) is 1.32. The Morgan fingerprint density at radius 3 is 2.77 bits per heavy atom. The second kappa shape index (κ2) is 2.69. The fraction of sp³-hybridized carbons (Fsp3) is 0.375. The van der Waals surface area contributed by atoms with Crippen molar-refractivity contribution in [3.05, 3.63) is 18.0 Å². The first-order valence-corrected chi connectivity index (χ1v) is 4.01. The average Bonchev–Trinajstić information content (AvgIpc) is 2.83. The number of rotatable bonds is 3. The van der Waals surface area contributed by atoms with E-state index in [1.165, 1.54) is 16.9 Å². The molecule has 5 nitrogen and oxygen atoms in total. The van der Waals surface area contributed by atoms with Crippen molar-refractivity contribution in [1.29, 1.82) is 0 Å². The second-order valence-corrected chi connectivity index (χ2v) is 3.03. The van der Waals surface area contributed by atoms with Gasteiger partial charge in [0.1, 0.15) is 5.69 Å². The maximum absolute atomic E-state index is 11.1. The summed E-state index contributed by atoms with van der Waals surface area (Å²) in [7, 11) is 0. The van der Waals surface area contributed by atoms with E-state index in [0.717, 1.165) is 12.8 Å². The van der Waals surface area contributed by atoms with Gasteiger partial charge in [0.05, 0.1) is 6.04 Å². The van der Waals surface area contributed by atoms with Gasteiger partial charge in [-0.05, 0) is 18.9 Å². The standard InChI is InChI=1S/C8H8N2O3/c11-7(8(12)13)6-3-4-9-10(6)5-1-2-5/h3-5H,1-2H2,(H,12,13). The summed E-state index contributed by atoms with van der Waals surface area (Å²) in [5, 5.41) is 12.4. The van der Waals surface area contributed by atoms with Crippen LogP contribution in [0.5, 0.6) is 0 Å². The van der Waals surface area contributed by atoms with E-state index in [4.69, 9.17) is 5.11 Å². The summed E-state index contributed by atoms with van der Waals surface area (Å²) in [6, 6.07) is 1.67. The van der Waals surface area contributed by atoms with Crippen LogP contribution in [0.15, 0.2) is 12.3 Å². The number of hydrogen-bond acceptors (Lipinski definition) is 3. The molecule has 2 rings (SSSR count). The molecule has 0 spiro atoms. The van der Waals surface area contributed by atoms with Gasteiger partial charge in [0.2, 0.25) is 0 Å². The summed E-state index contributed by atoms with van der Waals surface area (Å²) in [4.78, 5) is 21.5. The van der Waals surface area contributed by atoms with E-state index in [9.17, 15) is 9.59 Å². The maximum Gasteiger partial charge on any atom is 0.378 e. The molecule has 1 aromatic rings. The van der Waals surface area contributed by atoms with Gasteiger partial charge in [-0.3, -0.25) is 9.48 Å². The van der Waals surface area contributed by atoms with Crippen LogP contribution in [-0.2, 0) is 4.79 Å². The fourth-order valence-electron chi connectivity index (χ4n) is 1.21. The lowest BCUT2D eigenvalue weighted by atomic mass is 10.3. The van der Waals surface area contributed by atoms with Crippen molar-refractivity contribution in [1.82, 2.24) is 9.78 Å². The van der Waals surface area contributed by atoms with Crippen molar-refractivity contribution in [2.24, 2.45) is 0 Å². The van der Waals surface area contributed by atoms with Gasteiger partial charge in [-0.1, -0.05) is 0 Å². The van der Waals surface area contributed by atoms with Crippen molar-refractivity contribution >= 4 is 11.8 Å². The highest BCUT2D eigenvalue weighted by molar-refractivity contribution is 6.39. The van der Waals surface area contributed by atoms with Gasteiger partial charge >= 0.3 is 5.97 Å². The van der Waals surface area contributed by atoms with E-state index in [-0.39, 0.29) is 11.7 Å². The van der Waals surface area contributed by atoms with Crippen molar-refractivity contribution < 1.29 is 14.7 Å². The Morgan fingerprint density at radius 2 is 2.23 bits per heavy atom. The van der Waals surface area contributed by atoms with Crippen molar-refractivity contribution in [3.63, 3.8) is 0 Å². The third-order valence-electron chi connectivity index (χ3n) is 1.99. The van der Waals surface area contributed by atoms with Crippen LogP contribution in [0.1, 0.15) is 29.4 Å². The number of Topliss-reactive ketones (excluding diaryl/α,β-unsaturated/α-hetero) is 1. The zero-order chi connectivity index (χ0) is 9.42. The number of nitrogens with zero attached hydrogens (tertiary/aromatic N) is 2. The molecule has 0 saturated heterocycles. The van der Waals surface area contributed by atoms with Crippen LogP contribution in [0.4, 0.5) is 0 Å². The Labute approximate surface area is 74.0 Å². The first-order valence-electron chi connectivity index (χ1n) is 4.01. The monoisotopic (exact) mass is 180 g/mol. The highest BCUT2D eigenvalue weighted by atomic mass is 16.4. The quantitative estimate of drug-likeness (QED) is 0.542. The zero-order valence-corrected chi connectivity index (χ0v) is 6.80. The molecule has 0 amide bonds. The van der Waals surface area contributed by atoms with Gasteiger partial charge in [0.25, 0.3) is 5.78 Å². The molecule has 1 aliphatic rings. The fourth-order valence-corrected chi connectivity index (χ4v) is 1.21. The first-order chi connectivity index (χ1) is 6.20. The average molecular weight is 180 g/mol. The Balaban J connectivity index is 2.33. The molecule has 1 aliphatic carbocycles. The van der Waals surface area contributed by atoms with E-state index < -0.39 is 11.8 Å². The van der Waals surface area contributed by atoms with Gasteiger partial charge in [-0.15, -0.1) is 0 Å². The van der Waals surface area contributed by atoms with Crippen molar-refractivity contribution in [3.8, 4) is 0 Å². The van der Waals surface area contributed by atoms with Crippen LogP contribution >= 0.6 is 0 Å². The molecule has 68 valence electrons. The largest absolute Gasteiger partial charge is 0.475 e. The number of carbonyl (C=O) groups excluding carboxylic acids is 1. The van der Waals surface area contributed by atoms with Crippen LogP contribution in [0.3, 0.4) is 0 Å². The molecule has 1 heterocycles. The number of aromatic nitrogens is 2. The van der Waals surface area contributed by atoms with E-state index in [1.54, 1.807) is 0 Å². The topological polar surface area (TPSA) is 72.2 Å². The molecular weight excluding hydrogens is 172 g/mol. The molecule has 1 fully saturated rings. The predicted molar refractivity (Wildman–Crippen MR) is 42.5 cm³/mol. The molecule has 0 aromatic carbocycles. The molecule has 1 saturated carbocycles. The van der Waals surface area contributed by atoms with E-state index >= 15 is 0 Å². The molecular formula is C8H8N2O3. The van der Waals surface area contributed by atoms with Gasteiger partial charge in [0.15, 0.2) is 0 Å². The lowest BCUT2D eigenvalue weighted by Crippen LogP contribution is -2.17. The lowest BCUT2D eigenvalue weighted by Gasteiger charge is -2.00. The molecule has 0 bridgehead atoms. The normalized spacial score (nSPS) is 15.7. The molecule has 5 heteroatoms. The molecule has 1 N–H and O–H groups in total. The minimum absolute atomic E-state index is 0.176. The van der Waals surface area contributed by atoms with Crippen LogP contribution in [-0.4, -0.2) is 26.6 Å². The summed E-state index contributed by atoms with van der Waals surface area (Å²) in [5.74, 6) is -2.31. The molecule has 1 aromatic heterocycles. The highest BCUT2D eigenvalue weighted by Crippen LogP contribution is 2.35. The van der Waals surface area contributed by atoms with E-state index in [0.29, 0.717) is 0 Å². The van der Waals surface area contributed by atoms with Crippen LogP contribution < -0.4 is 0 Å². The Bertz CT molecular complexity index is 365. The van der Waals surface area contributed by atoms with E-state index in [1.807, 2.05) is 0 Å². The predicted octanol–water partition coefficient (Wildman–Crippen LogP) is 0.485. The smallest absolute Gasteiger partial charge is 0.378 e. The summed E-state index contributed by atoms with van der Waals surface area (Å²) < 4.78 is 1.50. The summed E-state index contributed by atoms with van der Waals surface area (Å²) >= 11 is 0. The van der Waals surface area contributed by atoms with E-state index in [2.05, 4.69) is 5.10 Å². The molecule has 0 atom stereocenters. The van der Waals surface area contributed by atoms with Gasteiger partial charge in [-0.2, -0.15) is 5.10 Å². The molecule has 0 radical (unpaired) electrons. The number of carboxylic acids is 1. The Kier molecular flexibility index (Phi) is 1.65. The zero-order valence-electron chi connectivity index (χ0n) is 6.80. The number of aliphatic carboxylic acids is 1. The Hall–Kier alpha value is -1.65. The summed E-state index contributed by atoms with van der Waals surface area (Å²) in [5.41, 5.74) is 0.176. The third-order valence-corrected chi connectivity index (χ3v) is 1.99.